The first-order valence-corrected chi connectivity index (χ1v) is 10.7. The number of ether oxygens (including phenoxy) is 1. The van der Waals surface area contributed by atoms with E-state index >= 15 is 0 Å². The van der Waals surface area contributed by atoms with Crippen molar-refractivity contribution in [3.05, 3.63) is 53.7 Å². The Kier molecular flexibility index (Phi) is 6.96. The van der Waals surface area contributed by atoms with Gasteiger partial charge < -0.3 is 20.7 Å². The Balaban J connectivity index is 1.70. The van der Waals surface area contributed by atoms with Crippen LogP contribution in [0.1, 0.15) is 56.1 Å². The van der Waals surface area contributed by atoms with Crippen molar-refractivity contribution in [1.82, 2.24) is 20.2 Å². The standard InChI is InChI=1S/C23H30FN5O3/c1-22(2,3)32-21(31)29-13-8-23(9-14-29,16-5-4-6-17(24)15-16)7-10-28-20(30)18-19(25)27-12-11-26-18/h4-6,11-12,15H,7-10,13-14H2,1-3H3,(H2,25,27)(H,28,30). The number of halogens is 1. The predicted octanol–water partition coefficient (Wildman–Crippen LogP) is 3.29. The summed E-state index contributed by atoms with van der Waals surface area (Å²) < 4.78 is 19.5. The maximum atomic E-state index is 14.0. The van der Waals surface area contributed by atoms with E-state index in [1.807, 2.05) is 26.8 Å². The summed E-state index contributed by atoms with van der Waals surface area (Å²) in [6.45, 7) is 6.81. The summed E-state index contributed by atoms with van der Waals surface area (Å²) in [4.78, 5) is 34.5. The highest BCUT2D eigenvalue weighted by Crippen LogP contribution is 2.39. The van der Waals surface area contributed by atoms with Crippen molar-refractivity contribution in [3.8, 4) is 0 Å². The molecule has 8 nitrogen and oxygen atoms in total. The van der Waals surface area contributed by atoms with Crippen molar-refractivity contribution >= 4 is 17.8 Å². The smallest absolute Gasteiger partial charge is 0.410 e. The zero-order valence-corrected chi connectivity index (χ0v) is 18.7. The molecule has 3 N–H and O–H groups in total. The maximum absolute atomic E-state index is 14.0. The third-order valence-electron chi connectivity index (χ3n) is 5.64. The predicted molar refractivity (Wildman–Crippen MR) is 119 cm³/mol. The quantitative estimate of drug-likeness (QED) is 0.734. The number of hydrogen-bond acceptors (Lipinski definition) is 6. The Morgan fingerprint density at radius 2 is 1.91 bits per heavy atom. The van der Waals surface area contributed by atoms with Crippen LogP contribution in [0.25, 0.3) is 0 Å². The normalized spacial score (nSPS) is 15.8. The van der Waals surface area contributed by atoms with Crippen molar-refractivity contribution in [2.75, 3.05) is 25.4 Å². The third-order valence-corrected chi connectivity index (χ3v) is 5.64. The van der Waals surface area contributed by atoms with E-state index in [0.717, 1.165) is 5.56 Å². The summed E-state index contributed by atoms with van der Waals surface area (Å²) in [5, 5.41) is 2.84. The van der Waals surface area contributed by atoms with E-state index < -0.39 is 11.5 Å². The van der Waals surface area contributed by atoms with Crippen LogP contribution in [0.3, 0.4) is 0 Å². The summed E-state index contributed by atoms with van der Waals surface area (Å²) in [5.41, 5.74) is 5.71. The first-order valence-electron chi connectivity index (χ1n) is 10.7. The number of nitrogen functional groups attached to an aromatic ring is 1. The van der Waals surface area contributed by atoms with Gasteiger partial charge in [-0.2, -0.15) is 0 Å². The van der Waals surface area contributed by atoms with Gasteiger partial charge in [-0.3, -0.25) is 4.79 Å². The van der Waals surface area contributed by atoms with Gasteiger partial charge >= 0.3 is 6.09 Å². The van der Waals surface area contributed by atoms with Crippen LogP contribution < -0.4 is 11.1 Å². The Morgan fingerprint density at radius 1 is 1.22 bits per heavy atom. The molecule has 0 aliphatic carbocycles. The van der Waals surface area contributed by atoms with Crippen molar-refractivity contribution in [2.45, 2.75) is 51.0 Å². The highest BCUT2D eigenvalue weighted by Gasteiger charge is 2.38. The number of carbonyl (C=O) groups excluding carboxylic acids is 2. The summed E-state index contributed by atoms with van der Waals surface area (Å²) in [6, 6.07) is 6.53. The van der Waals surface area contributed by atoms with E-state index in [-0.39, 0.29) is 28.8 Å². The fourth-order valence-corrected chi connectivity index (χ4v) is 3.97. The number of carbonyl (C=O) groups is 2. The number of nitrogens with two attached hydrogens (primary N) is 1. The molecule has 2 aromatic rings. The van der Waals surface area contributed by atoms with Gasteiger partial charge in [0.15, 0.2) is 11.5 Å². The molecule has 0 atom stereocenters. The van der Waals surface area contributed by atoms with Gasteiger partial charge in [0.2, 0.25) is 0 Å². The Morgan fingerprint density at radius 3 is 2.53 bits per heavy atom. The molecule has 9 heteroatoms. The Labute approximate surface area is 187 Å². The lowest BCUT2D eigenvalue weighted by atomic mass is 9.70. The van der Waals surface area contributed by atoms with Crippen LogP contribution in [0.5, 0.6) is 0 Å². The van der Waals surface area contributed by atoms with E-state index in [1.54, 1.807) is 11.0 Å². The van der Waals surface area contributed by atoms with E-state index in [4.69, 9.17) is 10.5 Å². The molecule has 0 unspecified atom stereocenters. The molecule has 0 bridgehead atoms. The fraction of sp³-hybridized carbons (Fsp3) is 0.478. The molecule has 0 saturated carbocycles. The minimum atomic E-state index is -0.569. The number of nitrogens with zero attached hydrogens (tertiary/aromatic N) is 3. The van der Waals surface area contributed by atoms with Gasteiger partial charge in [-0.1, -0.05) is 12.1 Å². The monoisotopic (exact) mass is 443 g/mol. The molecule has 2 amide bonds. The average Bonchev–Trinajstić information content (AvgIpc) is 2.73. The largest absolute Gasteiger partial charge is 0.444 e. The third kappa shape index (κ3) is 5.72. The molecule has 1 fully saturated rings. The minimum Gasteiger partial charge on any atom is -0.444 e. The van der Waals surface area contributed by atoms with Gasteiger partial charge in [0.05, 0.1) is 0 Å². The number of likely N-dealkylation sites (tertiary alicyclic amines) is 1. The SMILES string of the molecule is CC(C)(C)OC(=O)N1CCC(CCNC(=O)c2nccnc2N)(c2cccc(F)c2)CC1. The molecule has 3 rings (SSSR count). The second kappa shape index (κ2) is 9.50. The first kappa shape index (κ1) is 23.4. The second-order valence-electron chi connectivity index (χ2n) is 9.05. The lowest BCUT2D eigenvalue weighted by Crippen LogP contribution is -2.48. The van der Waals surface area contributed by atoms with Crippen molar-refractivity contribution in [3.63, 3.8) is 0 Å². The van der Waals surface area contributed by atoms with Crippen LogP contribution in [-0.4, -0.2) is 52.1 Å². The lowest BCUT2D eigenvalue weighted by Gasteiger charge is -2.42. The molecule has 2 heterocycles. The molecule has 0 spiro atoms. The Bertz CT molecular complexity index is 968. The topological polar surface area (TPSA) is 110 Å². The minimum absolute atomic E-state index is 0.0653. The van der Waals surface area contributed by atoms with Crippen molar-refractivity contribution in [1.29, 1.82) is 0 Å². The number of benzene rings is 1. The van der Waals surface area contributed by atoms with Gasteiger partial charge in [0, 0.05) is 37.4 Å². The number of hydrogen-bond donors (Lipinski definition) is 2. The van der Waals surface area contributed by atoms with Crippen molar-refractivity contribution in [2.24, 2.45) is 0 Å². The number of nitrogens with one attached hydrogen (secondary N) is 1. The molecule has 0 radical (unpaired) electrons. The molecule has 32 heavy (non-hydrogen) atoms. The van der Waals surface area contributed by atoms with E-state index in [2.05, 4.69) is 15.3 Å². The van der Waals surface area contributed by atoms with Gasteiger partial charge in [-0.15, -0.1) is 0 Å². The highest BCUT2D eigenvalue weighted by molar-refractivity contribution is 5.96. The van der Waals surface area contributed by atoms with Crippen LogP contribution >= 0.6 is 0 Å². The number of anilines is 1. The van der Waals surface area contributed by atoms with Crippen LogP contribution in [-0.2, 0) is 10.2 Å². The molecule has 1 saturated heterocycles. The van der Waals surface area contributed by atoms with E-state index in [0.29, 0.717) is 38.9 Å². The summed E-state index contributed by atoms with van der Waals surface area (Å²) >= 11 is 0. The van der Waals surface area contributed by atoms with Crippen LogP contribution in [0, 0.1) is 5.82 Å². The number of amides is 2. The van der Waals surface area contributed by atoms with Crippen LogP contribution in [0.4, 0.5) is 15.0 Å². The molecule has 1 aliphatic heterocycles. The van der Waals surface area contributed by atoms with E-state index in [9.17, 15) is 14.0 Å². The molecular formula is C23H30FN5O3. The van der Waals surface area contributed by atoms with Gasteiger partial charge in [0.1, 0.15) is 11.4 Å². The number of piperidine rings is 1. The highest BCUT2D eigenvalue weighted by atomic mass is 19.1. The fourth-order valence-electron chi connectivity index (χ4n) is 3.97. The Hall–Kier alpha value is -3.23. The van der Waals surface area contributed by atoms with Gasteiger partial charge in [-0.25, -0.2) is 19.2 Å². The number of aromatic nitrogens is 2. The summed E-state index contributed by atoms with van der Waals surface area (Å²) in [5.74, 6) is -0.653. The molecule has 1 aliphatic rings. The molecule has 172 valence electrons. The summed E-state index contributed by atoms with van der Waals surface area (Å²) in [6.07, 6.45) is 4.30. The molecule has 1 aromatic heterocycles. The van der Waals surface area contributed by atoms with Crippen LogP contribution in [0.2, 0.25) is 0 Å². The van der Waals surface area contributed by atoms with Gasteiger partial charge in [0.25, 0.3) is 5.91 Å². The summed E-state index contributed by atoms with van der Waals surface area (Å²) in [7, 11) is 0. The second-order valence-corrected chi connectivity index (χ2v) is 9.05. The van der Waals surface area contributed by atoms with E-state index in [1.165, 1.54) is 24.5 Å². The maximum Gasteiger partial charge on any atom is 0.410 e. The number of rotatable bonds is 5. The first-order chi connectivity index (χ1) is 15.1. The van der Waals surface area contributed by atoms with Crippen LogP contribution in [0.15, 0.2) is 36.7 Å². The van der Waals surface area contributed by atoms with Gasteiger partial charge in [-0.05, 0) is 57.7 Å². The lowest BCUT2D eigenvalue weighted by molar-refractivity contribution is 0.0159. The zero-order chi connectivity index (χ0) is 23.4. The van der Waals surface area contributed by atoms with Crippen molar-refractivity contribution < 1.29 is 18.7 Å². The molecule has 1 aromatic carbocycles. The average molecular weight is 444 g/mol. The zero-order valence-electron chi connectivity index (χ0n) is 18.7. The molecular weight excluding hydrogens is 413 g/mol.